The number of fused-ring (bicyclic) bond motifs is 1. The van der Waals surface area contributed by atoms with E-state index in [2.05, 4.69) is 26.0 Å². The summed E-state index contributed by atoms with van der Waals surface area (Å²) in [7, 11) is 1.27. The molecule has 7 heteroatoms. The van der Waals surface area contributed by atoms with Crippen LogP contribution in [0.5, 0.6) is 0 Å². The summed E-state index contributed by atoms with van der Waals surface area (Å²) in [5.74, 6) is -1.35. The third kappa shape index (κ3) is 2.72. The van der Waals surface area contributed by atoms with Crippen LogP contribution >= 0.6 is 15.9 Å². The Morgan fingerprint density at radius 3 is 2.95 bits per heavy atom. The molecule has 1 heterocycles. The van der Waals surface area contributed by atoms with Crippen molar-refractivity contribution in [3.8, 4) is 0 Å². The maximum Gasteiger partial charge on any atom is 0.328 e. The molecule has 0 spiro atoms. The van der Waals surface area contributed by atoms with E-state index in [1.165, 1.54) is 13.2 Å². The van der Waals surface area contributed by atoms with E-state index in [-0.39, 0.29) is 28.9 Å². The fraction of sp³-hybridized carbons (Fsp3) is 0.417. The third-order valence-corrected chi connectivity index (χ3v) is 3.64. The van der Waals surface area contributed by atoms with Crippen LogP contribution in [0.2, 0.25) is 0 Å². The molecule has 0 aromatic heterocycles. The lowest BCUT2D eigenvalue weighted by Gasteiger charge is -2.23. The Kier molecular flexibility index (Phi) is 4.07. The van der Waals surface area contributed by atoms with Gasteiger partial charge in [-0.05, 0) is 6.07 Å². The van der Waals surface area contributed by atoms with Crippen LogP contribution in [0.1, 0.15) is 6.92 Å². The van der Waals surface area contributed by atoms with E-state index in [0.29, 0.717) is 4.47 Å². The first-order valence-corrected chi connectivity index (χ1v) is 6.60. The van der Waals surface area contributed by atoms with Crippen LogP contribution in [-0.2, 0) is 9.53 Å². The predicted octanol–water partition coefficient (Wildman–Crippen LogP) is 1.21. The molecule has 1 aromatic rings. The standard InChI is InChI=1S/C12H14BrFN2O3/c1-6-5-16(18)9-4-7(13)3-8(14)11(9)15-10(6)12(17)19-2/h3-4,6,10,15-16H,5H2,1-2H3. The van der Waals surface area contributed by atoms with E-state index in [0.717, 1.165) is 0 Å². The van der Waals surface area contributed by atoms with Crippen LogP contribution in [-0.4, -0.2) is 25.7 Å². The minimum atomic E-state index is -0.731. The zero-order chi connectivity index (χ0) is 14.2. The fourth-order valence-electron chi connectivity index (χ4n) is 2.18. The molecule has 0 amide bonds. The normalized spacial score (nSPS) is 26.1. The lowest BCUT2D eigenvalue weighted by molar-refractivity contribution is -0.779. The minimum Gasteiger partial charge on any atom is -0.629 e. The van der Waals surface area contributed by atoms with Gasteiger partial charge in [0.05, 0.1) is 13.7 Å². The number of anilines is 1. The zero-order valence-corrected chi connectivity index (χ0v) is 12.1. The van der Waals surface area contributed by atoms with Crippen molar-refractivity contribution in [3.05, 3.63) is 27.6 Å². The number of methoxy groups -OCH3 is 1. The van der Waals surface area contributed by atoms with Gasteiger partial charge in [0.2, 0.25) is 0 Å². The second-order valence-electron chi connectivity index (χ2n) is 4.56. The Balaban J connectivity index is 2.47. The number of hydrogen-bond acceptors (Lipinski definition) is 4. The third-order valence-electron chi connectivity index (χ3n) is 3.19. The van der Waals surface area contributed by atoms with Gasteiger partial charge in [0.1, 0.15) is 11.7 Å². The highest BCUT2D eigenvalue weighted by molar-refractivity contribution is 9.10. The molecule has 5 nitrogen and oxygen atoms in total. The van der Waals surface area contributed by atoms with Crippen molar-refractivity contribution < 1.29 is 19.0 Å². The van der Waals surface area contributed by atoms with Crippen molar-refractivity contribution in [2.75, 3.05) is 19.0 Å². The van der Waals surface area contributed by atoms with Crippen molar-refractivity contribution in [2.45, 2.75) is 13.0 Å². The number of nitrogens with one attached hydrogen (secondary N) is 2. The molecule has 3 atom stereocenters. The van der Waals surface area contributed by atoms with Gasteiger partial charge in [-0.3, -0.25) is 0 Å². The lowest BCUT2D eigenvalue weighted by Crippen LogP contribution is -3.02. The number of carbonyl (C=O) groups is 1. The molecule has 104 valence electrons. The Bertz CT molecular complexity index is 512. The van der Waals surface area contributed by atoms with Gasteiger partial charge < -0.3 is 20.3 Å². The van der Waals surface area contributed by atoms with Gasteiger partial charge in [-0.25, -0.2) is 9.18 Å². The second-order valence-corrected chi connectivity index (χ2v) is 5.48. The van der Waals surface area contributed by atoms with Crippen LogP contribution < -0.4 is 10.4 Å². The molecule has 2 N–H and O–H groups in total. The van der Waals surface area contributed by atoms with Crippen molar-refractivity contribution in [1.29, 1.82) is 0 Å². The molecule has 0 fully saturated rings. The summed E-state index contributed by atoms with van der Waals surface area (Å²) in [4.78, 5) is 11.7. The van der Waals surface area contributed by atoms with Crippen LogP contribution in [0.4, 0.5) is 15.8 Å². The van der Waals surface area contributed by atoms with E-state index >= 15 is 0 Å². The van der Waals surface area contributed by atoms with E-state index in [1.54, 1.807) is 13.0 Å². The van der Waals surface area contributed by atoms with Crippen LogP contribution in [0.25, 0.3) is 0 Å². The second kappa shape index (κ2) is 5.44. The molecule has 0 saturated heterocycles. The monoisotopic (exact) mass is 332 g/mol. The van der Waals surface area contributed by atoms with Crippen LogP contribution in [0.15, 0.2) is 16.6 Å². The molecule has 1 aliphatic heterocycles. The average Bonchev–Trinajstić information content (AvgIpc) is 2.47. The molecular weight excluding hydrogens is 319 g/mol. The first-order chi connectivity index (χ1) is 8.93. The topological polar surface area (TPSA) is 65.8 Å². The molecular formula is C12H14BrFN2O3. The van der Waals surface area contributed by atoms with Gasteiger partial charge in [-0.15, -0.1) is 0 Å². The maximum atomic E-state index is 14.0. The summed E-state index contributed by atoms with van der Waals surface area (Å²) in [5.41, 5.74) is 0.318. The number of ether oxygens (including phenoxy) is 1. The summed E-state index contributed by atoms with van der Waals surface area (Å²) in [6.07, 6.45) is 0. The Morgan fingerprint density at radius 2 is 2.32 bits per heavy atom. The zero-order valence-electron chi connectivity index (χ0n) is 10.5. The molecule has 3 unspecified atom stereocenters. The smallest absolute Gasteiger partial charge is 0.328 e. The highest BCUT2D eigenvalue weighted by atomic mass is 79.9. The average molecular weight is 333 g/mol. The summed E-state index contributed by atoms with van der Waals surface area (Å²) in [6, 6.07) is 2.08. The van der Waals surface area contributed by atoms with E-state index in [4.69, 9.17) is 0 Å². The first-order valence-electron chi connectivity index (χ1n) is 5.80. The van der Waals surface area contributed by atoms with E-state index < -0.39 is 17.8 Å². The largest absolute Gasteiger partial charge is 0.629 e. The fourth-order valence-corrected chi connectivity index (χ4v) is 2.61. The summed E-state index contributed by atoms with van der Waals surface area (Å²) >= 11 is 3.16. The minimum absolute atomic E-state index is 0.0629. The van der Waals surface area contributed by atoms with Crippen LogP contribution in [0.3, 0.4) is 0 Å². The van der Waals surface area contributed by atoms with Gasteiger partial charge in [0, 0.05) is 16.5 Å². The number of hydrogen-bond donors (Lipinski definition) is 2. The molecule has 0 saturated carbocycles. The number of quaternary nitrogens is 1. The molecule has 1 aromatic carbocycles. The molecule has 1 aliphatic rings. The highest BCUT2D eigenvalue weighted by Crippen LogP contribution is 2.30. The summed E-state index contributed by atoms with van der Waals surface area (Å²) < 4.78 is 19.1. The van der Waals surface area contributed by atoms with Gasteiger partial charge in [0.25, 0.3) is 0 Å². The quantitative estimate of drug-likeness (QED) is 0.599. The highest BCUT2D eigenvalue weighted by Gasteiger charge is 2.34. The van der Waals surface area contributed by atoms with Crippen molar-refractivity contribution in [2.24, 2.45) is 5.92 Å². The molecule has 0 bridgehead atoms. The number of rotatable bonds is 1. The van der Waals surface area contributed by atoms with E-state index in [1.807, 2.05) is 0 Å². The summed E-state index contributed by atoms with van der Waals surface area (Å²) in [6.45, 7) is 1.92. The predicted molar refractivity (Wildman–Crippen MR) is 71.5 cm³/mol. The van der Waals surface area contributed by atoms with Gasteiger partial charge in [0.15, 0.2) is 11.5 Å². The Morgan fingerprint density at radius 1 is 1.63 bits per heavy atom. The molecule has 2 rings (SSSR count). The summed E-state index contributed by atoms with van der Waals surface area (Å²) in [5, 5.41) is 14.7. The van der Waals surface area contributed by atoms with Crippen molar-refractivity contribution >= 4 is 33.3 Å². The molecule has 19 heavy (non-hydrogen) atoms. The molecule has 0 radical (unpaired) electrons. The van der Waals surface area contributed by atoms with Crippen molar-refractivity contribution in [1.82, 2.24) is 0 Å². The SMILES string of the molecule is COC(=O)C1Nc2c(F)cc(Br)cc2[NH+]([O-])CC1C. The molecule has 0 aliphatic carbocycles. The van der Waals surface area contributed by atoms with E-state index in [9.17, 15) is 14.4 Å². The van der Waals surface area contributed by atoms with Gasteiger partial charge in [-0.2, -0.15) is 0 Å². The van der Waals surface area contributed by atoms with Crippen molar-refractivity contribution in [3.63, 3.8) is 0 Å². The Hall–Kier alpha value is -1.18. The number of benzene rings is 1. The number of carbonyl (C=O) groups excluding carboxylic acids is 1. The van der Waals surface area contributed by atoms with Crippen LogP contribution in [0, 0.1) is 16.9 Å². The number of esters is 1. The first kappa shape index (κ1) is 14.2. The number of halogens is 2. The Labute approximate surface area is 118 Å². The van der Waals surface area contributed by atoms with Gasteiger partial charge in [-0.1, -0.05) is 22.9 Å². The number of hydroxylamine groups is 1. The van der Waals surface area contributed by atoms with Gasteiger partial charge >= 0.3 is 5.97 Å². The lowest BCUT2D eigenvalue weighted by atomic mass is 10.0. The maximum absolute atomic E-state index is 14.0.